The molecule has 0 fully saturated rings. The fourth-order valence-corrected chi connectivity index (χ4v) is 1.55. The molecule has 14 heteroatoms. The maximum atomic E-state index is 11.8. The fourth-order valence-electron chi connectivity index (χ4n) is 1.55. The highest BCUT2D eigenvalue weighted by Crippen LogP contribution is 1.85. The SMILES string of the molecule is C[C@H](NC(=O)O)C(=O)NCC(=O)N[C@@H](CO)C(=O)NCC(=O)NCC(N)=O. The molecule has 6 amide bonds. The standard InChI is InChI=1S/C13H22N6O8/c1-6(18-13(26)27)11(24)16-4-10(23)19-7(5-20)12(25)17-3-9(22)15-2-8(14)21/h6-7,18,20H,2-5H2,1H3,(H2,14,21)(H,15,22)(H,16,24)(H,17,25)(H,19,23)(H,26,27)/t6-,7-/m0/s1. The van der Waals surface area contributed by atoms with Gasteiger partial charge in [0.15, 0.2) is 0 Å². The first kappa shape index (κ1) is 23.6. The molecule has 14 nitrogen and oxygen atoms in total. The van der Waals surface area contributed by atoms with Gasteiger partial charge in [0.2, 0.25) is 29.5 Å². The van der Waals surface area contributed by atoms with Crippen LogP contribution in [0, 0.1) is 0 Å². The lowest BCUT2D eigenvalue weighted by atomic mass is 10.2. The van der Waals surface area contributed by atoms with E-state index in [1.54, 1.807) is 0 Å². The summed E-state index contributed by atoms with van der Waals surface area (Å²) >= 11 is 0. The summed E-state index contributed by atoms with van der Waals surface area (Å²) in [5.41, 5.74) is 4.83. The lowest BCUT2D eigenvalue weighted by Gasteiger charge is -2.17. The molecule has 0 saturated heterocycles. The zero-order chi connectivity index (χ0) is 21.0. The number of carbonyl (C=O) groups excluding carboxylic acids is 5. The minimum atomic E-state index is -1.42. The number of nitrogens with one attached hydrogen (secondary N) is 5. The molecule has 2 atom stereocenters. The van der Waals surface area contributed by atoms with Gasteiger partial charge in [-0.25, -0.2) is 4.79 Å². The van der Waals surface area contributed by atoms with E-state index in [0.29, 0.717) is 0 Å². The quantitative estimate of drug-likeness (QED) is 0.170. The summed E-state index contributed by atoms with van der Waals surface area (Å²) in [4.78, 5) is 67.3. The predicted molar refractivity (Wildman–Crippen MR) is 87.9 cm³/mol. The Kier molecular flexibility index (Phi) is 10.5. The number of carbonyl (C=O) groups is 6. The Balaban J connectivity index is 4.32. The third-order valence-electron chi connectivity index (χ3n) is 2.87. The Bertz CT molecular complexity index is 595. The second-order valence-corrected chi connectivity index (χ2v) is 5.15. The van der Waals surface area contributed by atoms with Crippen molar-refractivity contribution in [2.24, 2.45) is 5.73 Å². The van der Waals surface area contributed by atoms with E-state index in [1.165, 1.54) is 6.92 Å². The number of amides is 6. The summed E-state index contributed by atoms with van der Waals surface area (Å²) in [7, 11) is 0. The normalized spacial score (nSPS) is 12.1. The van der Waals surface area contributed by atoms with E-state index < -0.39 is 74.0 Å². The molecule has 9 N–H and O–H groups in total. The maximum absolute atomic E-state index is 11.8. The van der Waals surface area contributed by atoms with Gasteiger partial charge in [-0.05, 0) is 6.92 Å². The highest BCUT2D eigenvalue weighted by Gasteiger charge is 2.21. The molecule has 0 aromatic heterocycles. The van der Waals surface area contributed by atoms with Gasteiger partial charge >= 0.3 is 6.09 Å². The van der Waals surface area contributed by atoms with Crippen molar-refractivity contribution < 1.29 is 39.0 Å². The Morgan fingerprint density at radius 1 is 0.852 bits per heavy atom. The smallest absolute Gasteiger partial charge is 0.405 e. The molecule has 0 aliphatic heterocycles. The highest BCUT2D eigenvalue weighted by atomic mass is 16.4. The molecule has 0 heterocycles. The third kappa shape index (κ3) is 10.9. The van der Waals surface area contributed by atoms with E-state index in [2.05, 4.69) is 21.3 Å². The molecule has 0 radical (unpaired) electrons. The maximum Gasteiger partial charge on any atom is 0.405 e. The summed E-state index contributed by atoms with van der Waals surface area (Å²) < 4.78 is 0. The van der Waals surface area contributed by atoms with Crippen molar-refractivity contribution in [1.29, 1.82) is 0 Å². The van der Waals surface area contributed by atoms with Gasteiger partial charge in [-0.3, -0.25) is 24.0 Å². The van der Waals surface area contributed by atoms with Crippen molar-refractivity contribution in [2.45, 2.75) is 19.0 Å². The lowest BCUT2D eigenvalue weighted by Crippen LogP contribution is -2.53. The summed E-state index contributed by atoms with van der Waals surface area (Å²) in [5.74, 6) is -3.98. The monoisotopic (exact) mass is 390 g/mol. The van der Waals surface area contributed by atoms with Crippen molar-refractivity contribution in [3.63, 3.8) is 0 Å². The van der Waals surface area contributed by atoms with Crippen LogP contribution in [0.5, 0.6) is 0 Å². The summed E-state index contributed by atoms with van der Waals surface area (Å²) in [6.45, 7) is -1.04. The predicted octanol–water partition coefficient (Wildman–Crippen LogP) is -5.05. The number of hydrogen-bond donors (Lipinski definition) is 8. The van der Waals surface area contributed by atoms with Crippen molar-refractivity contribution in [2.75, 3.05) is 26.2 Å². The van der Waals surface area contributed by atoms with Crippen LogP contribution in [0.3, 0.4) is 0 Å². The van der Waals surface area contributed by atoms with Gasteiger partial charge in [-0.2, -0.15) is 0 Å². The Morgan fingerprint density at radius 2 is 1.41 bits per heavy atom. The summed E-state index contributed by atoms with van der Waals surface area (Å²) in [5, 5.41) is 28.0. The van der Waals surface area contributed by atoms with Gasteiger partial charge in [0.25, 0.3) is 0 Å². The van der Waals surface area contributed by atoms with Crippen LogP contribution < -0.4 is 32.3 Å². The van der Waals surface area contributed by atoms with Gasteiger partial charge in [0.1, 0.15) is 12.1 Å². The van der Waals surface area contributed by atoms with E-state index in [1.807, 2.05) is 5.32 Å². The zero-order valence-electron chi connectivity index (χ0n) is 14.4. The second kappa shape index (κ2) is 12.0. The largest absolute Gasteiger partial charge is 0.465 e. The molecular weight excluding hydrogens is 368 g/mol. The third-order valence-corrected chi connectivity index (χ3v) is 2.87. The van der Waals surface area contributed by atoms with E-state index in [-0.39, 0.29) is 0 Å². The zero-order valence-corrected chi connectivity index (χ0v) is 14.4. The van der Waals surface area contributed by atoms with Crippen LogP contribution in [-0.4, -0.2) is 84.2 Å². The van der Waals surface area contributed by atoms with E-state index in [4.69, 9.17) is 15.9 Å². The highest BCUT2D eigenvalue weighted by molar-refractivity contribution is 5.93. The van der Waals surface area contributed by atoms with Crippen LogP contribution in [0.1, 0.15) is 6.92 Å². The van der Waals surface area contributed by atoms with Gasteiger partial charge in [-0.1, -0.05) is 0 Å². The number of hydrogen-bond acceptors (Lipinski definition) is 7. The van der Waals surface area contributed by atoms with Crippen LogP contribution in [0.4, 0.5) is 4.79 Å². The Hall–Kier alpha value is -3.42. The van der Waals surface area contributed by atoms with Crippen LogP contribution >= 0.6 is 0 Å². The van der Waals surface area contributed by atoms with Crippen molar-refractivity contribution >= 4 is 35.6 Å². The number of aliphatic hydroxyl groups is 1. The van der Waals surface area contributed by atoms with Crippen molar-refractivity contribution in [3.8, 4) is 0 Å². The first-order valence-electron chi connectivity index (χ1n) is 7.56. The minimum absolute atomic E-state index is 0.413. The number of carboxylic acid groups (broad SMARTS) is 1. The van der Waals surface area contributed by atoms with Gasteiger partial charge in [-0.15, -0.1) is 0 Å². The molecule has 152 valence electrons. The average Bonchev–Trinajstić information content (AvgIpc) is 2.59. The molecule has 0 unspecified atom stereocenters. The molecule has 0 aliphatic carbocycles. The van der Waals surface area contributed by atoms with Crippen LogP contribution in [-0.2, 0) is 24.0 Å². The Morgan fingerprint density at radius 3 is 1.93 bits per heavy atom. The number of nitrogens with two attached hydrogens (primary N) is 1. The molecule has 0 spiro atoms. The average molecular weight is 390 g/mol. The number of aliphatic hydroxyl groups excluding tert-OH is 1. The van der Waals surface area contributed by atoms with Crippen molar-refractivity contribution in [1.82, 2.24) is 26.6 Å². The first-order chi connectivity index (χ1) is 12.6. The van der Waals surface area contributed by atoms with Gasteiger partial charge < -0.3 is 42.5 Å². The van der Waals surface area contributed by atoms with Crippen molar-refractivity contribution in [3.05, 3.63) is 0 Å². The molecule has 27 heavy (non-hydrogen) atoms. The molecule has 0 bridgehead atoms. The molecule has 0 saturated carbocycles. The molecule has 0 aromatic carbocycles. The lowest BCUT2D eigenvalue weighted by molar-refractivity contribution is -0.132. The summed E-state index contributed by atoms with van der Waals surface area (Å²) in [6.07, 6.45) is -1.42. The number of primary amides is 1. The van der Waals surface area contributed by atoms with Crippen LogP contribution in [0.2, 0.25) is 0 Å². The van der Waals surface area contributed by atoms with Crippen LogP contribution in [0.25, 0.3) is 0 Å². The molecular formula is C13H22N6O8. The van der Waals surface area contributed by atoms with Gasteiger partial charge in [0, 0.05) is 0 Å². The Labute approximate surface area is 153 Å². The first-order valence-corrected chi connectivity index (χ1v) is 7.56. The van der Waals surface area contributed by atoms with E-state index >= 15 is 0 Å². The molecule has 0 aromatic rings. The summed E-state index contributed by atoms with van der Waals surface area (Å²) in [6, 6.07) is -2.50. The van der Waals surface area contributed by atoms with E-state index in [9.17, 15) is 28.8 Å². The van der Waals surface area contributed by atoms with E-state index in [0.717, 1.165) is 0 Å². The fraction of sp³-hybridized carbons (Fsp3) is 0.538. The molecule has 0 aliphatic rings. The van der Waals surface area contributed by atoms with Gasteiger partial charge in [0.05, 0.1) is 26.2 Å². The van der Waals surface area contributed by atoms with Crippen LogP contribution in [0.15, 0.2) is 0 Å². The molecule has 0 rings (SSSR count). The second-order valence-electron chi connectivity index (χ2n) is 5.15. The minimum Gasteiger partial charge on any atom is -0.465 e. The topological polar surface area (TPSA) is 229 Å². The number of rotatable bonds is 11.